The van der Waals surface area contributed by atoms with Crippen LogP contribution >= 0.6 is 24.0 Å². The lowest BCUT2D eigenvalue weighted by molar-refractivity contribution is 0.0527. The summed E-state index contributed by atoms with van der Waals surface area (Å²) in [6.45, 7) is 11.5. The van der Waals surface area contributed by atoms with E-state index in [0.29, 0.717) is 45.9 Å². The summed E-state index contributed by atoms with van der Waals surface area (Å²) in [6, 6.07) is 0. The fourth-order valence-electron chi connectivity index (χ4n) is 2.44. The number of nitrogens with one attached hydrogen (secondary N) is 2. The molecule has 10 heteroatoms. The molecule has 0 aromatic rings. The molecule has 0 radical (unpaired) electrons. The first kappa shape index (κ1) is 25.5. The van der Waals surface area contributed by atoms with Crippen molar-refractivity contribution in [1.82, 2.24) is 20.4 Å². The van der Waals surface area contributed by atoms with Crippen molar-refractivity contribution < 1.29 is 19.1 Å². The number of nitrogens with zero attached hydrogens (tertiary/aromatic N) is 3. The number of guanidine groups is 1. The van der Waals surface area contributed by atoms with E-state index in [1.54, 1.807) is 18.9 Å². The second-order valence-corrected chi connectivity index (χ2v) is 6.93. The van der Waals surface area contributed by atoms with Gasteiger partial charge in [0.15, 0.2) is 5.96 Å². The zero-order valence-electron chi connectivity index (χ0n) is 17.0. The van der Waals surface area contributed by atoms with Crippen LogP contribution in [0.15, 0.2) is 4.99 Å². The van der Waals surface area contributed by atoms with Crippen LogP contribution < -0.4 is 10.6 Å². The molecule has 1 heterocycles. The number of alkyl carbamates (subject to hydrolysis) is 1. The van der Waals surface area contributed by atoms with E-state index in [4.69, 9.17) is 9.47 Å². The summed E-state index contributed by atoms with van der Waals surface area (Å²) in [5.74, 6) is 0.797. The molecule has 0 spiro atoms. The molecule has 0 aromatic carbocycles. The lowest BCUT2D eigenvalue weighted by Crippen LogP contribution is -2.54. The van der Waals surface area contributed by atoms with E-state index in [1.165, 1.54) is 0 Å². The van der Waals surface area contributed by atoms with Crippen molar-refractivity contribution in [2.75, 3.05) is 52.9 Å². The smallest absolute Gasteiger partial charge is 0.409 e. The number of ether oxygens (including phenoxy) is 2. The highest BCUT2D eigenvalue weighted by Gasteiger charge is 2.23. The fourth-order valence-corrected chi connectivity index (χ4v) is 2.44. The van der Waals surface area contributed by atoms with Crippen molar-refractivity contribution in [3.63, 3.8) is 0 Å². The predicted octanol–water partition coefficient (Wildman–Crippen LogP) is 1.87. The lowest BCUT2D eigenvalue weighted by Gasteiger charge is -2.35. The molecule has 0 saturated carbocycles. The molecule has 1 rings (SSSR count). The maximum Gasteiger partial charge on any atom is 0.409 e. The Hall–Kier alpha value is -1.46. The van der Waals surface area contributed by atoms with Gasteiger partial charge >= 0.3 is 12.2 Å². The SMILES string of the molecule is CCOC(=O)N1CCN(C(=NC)NCCCNC(=O)OC(C)(C)C)CC1.I. The van der Waals surface area contributed by atoms with Gasteiger partial charge in [-0.3, -0.25) is 4.99 Å². The topological polar surface area (TPSA) is 95.5 Å². The fraction of sp³-hybridized carbons (Fsp3) is 0.824. The van der Waals surface area contributed by atoms with Gasteiger partial charge in [-0.1, -0.05) is 0 Å². The molecule has 158 valence electrons. The van der Waals surface area contributed by atoms with Gasteiger partial charge in [-0.25, -0.2) is 9.59 Å². The highest BCUT2D eigenvalue weighted by atomic mass is 127. The molecular formula is C17H34IN5O4. The molecule has 1 aliphatic heterocycles. The van der Waals surface area contributed by atoms with Crippen LogP contribution in [0.3, 0.4) is 0 Å². The van der Waals surface area contributed by atoms with E-state index in [2.05, 4.69) is 20.5 Å². The maximum absolute atomic E-state index is 11.7. The Morgan fingerprint density at radius 3 is 2.11 bits per heavy atom. The molecular weight excluding hydrogens is 465 g/mol. The van der Waals surface area contributed by atoms with Gasteiger partial charge in [-0.2, -0.15) is 0 Å². The summed E-state index contributed by atoms with van der Waals surface area (Å²) in [5, 5.41) is 6.01. The van der Waals surface area contributed by atoms with Crippen LogP contribution in [0.25, 0.3) is 0 Å². The number of piperazine rings is 1. The normalized spacial score (nSPS) is 14.9. The van der Waals surface area contributed by atoms with E-state index < -0.39 is 11.7 Å². The second kappa shape index (κ2) is 12.8. The van der Waals surface area contributed by atoms with Crippen molar-refractivity contribution >= 4 is 42.1 Å². The zero-order chi connectivity index (χ0) is 19.6. The summed E-state index contributed by atoms with van der Waals surface area (Å²) >= 11 is 0. The van der Waals surface area contributed by atoms with Gasteiger partial charge in [0, 0.05) is 46.3 Å². The van der Waals surface area contributed by atoms with Gasteiger partial charge in [0.25, 0.3) is 0 Å². The monoisotopic (exact) mass is 499 g/mol. The van der Waals surface area contributed by atoms with E-state index in [9.17, 15) is 9.59 Å². The number of halogens is 1. The number of carbonyl (C=O) groups is 2. The molecule has 0 bridgehead atoms. The van der Waals surface area contributed by atoms with Gasteiger partial charge < -0.3 is 29.9 Å². The van der Waals surface area contributed by atoms with Crippen LogP contribution in [0.2, 0.25) is 0 Å². The summed E-state index contributed by atoms with van der Waals surface area (Å²) in [4.78, 5) is 31.4. The summed E-state index contributed by atoms with van der Waals surface area (Å²) < 4.78 is 10.2. The van der Waals surface area contributed by atoms with Crippen molar-refractivity contribution in [1.29, 1.82) is 0 Å². The van der Waals surface area contributed by atoms with Gasteiger partial charge in [0.05, 0.1) is 6.61 Å². The second-order valence-electron chi connectivity index (χ2n) is 6.93. The van der Waals surface area contributed by atoms with Gasteiger partial charge in [-0.05, 0) is 34.1 Å². The molecule has 0 unspecified atom stereocenters. The zero-order valence-corrected chi connectivity index (χ0v) is 19.4. The maximum atomic E-state index is 11.7. The predicted molar refractivity (Wildman–Crippen MR) is 116 cm³/mol. The minimum absolute atomic E-state index is 0. The number of aliphatic imine (C=N–C) groups is 1. The molecule has 0 aromatic heterocycles. The third-order valence-corrected chi connectivity index (χ3v) is 3.62. The summed E-state index contributed by atoms with van der Waals surface area (Å²) in [6.07, 6.45) is 0.0846. The number of amides is 2. The largest absolute Gasteiger partial charge is 0.450 e. The Bertz CT molecular complexity index is 488. The van der Waals surface area contributed by atoms with Crippen LogP contribution in [0, 0.1) is 0 Å². The molecule has 1 aliphatic rings. The minimum Gasteiger partial charge on any atom is -0.450 e. The van der Waals surface area contributed by atoms with E-state index >= 15 is 0 Å². The van der Waals surface area contributed by atoms with Gasteiger partial charge in [0.1, 0.15) is 5.60 Å². The molecule has 1 fully saturated rings. The third kappa shape index (κ3) is 10.5. The summed E-state index contributed by atoms with van der Waals surface area (Å²) in [5.41, 5.74) is -0.490. The Morgan fingerprint density at radius 1 is 1.04 bits per heavy atom. The van der Waals surface area contributed by atoms with Crippen molar-refractivity contribution in [2.45, 2.75) is 39.7 Å². The number of hydrogen-bond acceptors (Lipinski definition) is 5. The van der Waals surface area contributed by atoms with Crippen molar-refractivity contribution in [2.24, 2.45) is 4.99 Å². The molecule has 0 atom stereocenters. The average Bonchev–Trinajstić information content (AvgIpc) is 2.57. The van der Waals surface area contributed by atoms with Crippen molar-refractivity contribution in [3.05, 3.63) is 0 Å². The Kier molecular flexibility index (Phi) is 12.1. The standard InChI is InChI=1S/C17H33N5O4.HI/c1-6-25-16(24)22-12-10-21(11-13-22)14(18-5)19-8-7-9-20-15(23)26-17(2,3)4;/h6-13H2,1-5H3,(H,18,19)(H,20,23);1H. The Balaban J connectivity index is 0.00000676. The number of carbonyl (C=O) groups excluding carboxylic acids is 2. The first-order valence-electron chi connectivity index (χ1n) is 9.11. The van der Waals surface area contributed by atoms with E-state index in [0.717, 1.165) is 12.4 Å². The lowest BCUT2D eigenvalue weighted by atomic mass is 10.2. The quantitative estimate of drug-likeness (QED) is 0.260. The highest BCUT2D eigenvalue weighted by Crippen LogP contribution is 2.06. The van der Waals surface area contributed by atoms with E-state index in [-0.39, 0.29) is 30.1 Å². The van der Waals surface area contributed by atoms with Crippen LogP contribution in [-0.4, -0.2) is 86.5 Å². The molecule has 9 nitrogen and oxygen atoms in total. The van der Waals surface area contributed by atoms with Crippen LogP contribution in [0.5, 0.6) is 0 Å². The van der Waals surface area contributed by atoms with Gasteiger partial charge in [-0.15, -0.1) is 24.0 Å². The minimum atomic E-state index is -0.490. The summed E-state index contributed by atoms with van der Waals surface area (Å²) in [7, 11) is 1.74. The molecule has 2 amide bonds. The van der Waals surface area contributed by atoms with Crippen LogP contribution in [0.4, 0.5) is 9.59 Å². The number of hydrogen-bond donors (Lipinski definition) is 2. The first-order valence-corrected chi connectivity index (χ1v) is 9.11. The average molecular weight is 499 g/mol. The van der Waals surface area contributed by atoms with Gasteiger partial charge in [0.2, 0.25) is 0 Å². The van der Waals surface area contributed by atoms with Crippen molar-refractivity contribution in [3.8, 4) is 0 Å². The Labute approximate surface area is 179 Å². The first-order chi connectivity index (χ1) is 12.3. The van der Waals surface area contributed by atoms with E-state index in [1.807, 2.05) is 20.8 Å². The Morgan fingerprint density at radius 2 is 1.59 bits per heavy atom. The number of rotatable bonds is 5. The highest BCUT2D eigenvalue weighted by molar-refractivity contribution is 14.0. The molecule has 2 N–H and O–H groups in total. The van der Waals surface area contributed by atoms with Crippen LogP contribution in [-0.2, 0) is 9.47 Å². The molecule has 0 aliphatic carbocycles. The third-order valence-electron chi connectivity index (χ3n) is 3.62. The molecule has 1 saturated heterocycles. The van der Waals surface area contributed by atoms with Crippen LogP contribution in [0.1, 0.15) is 34.1 Å². The molecule has 27 heavy (non-hydrogen) atoms.